The van der Waals surface area contributed by atoms with Crippen LogP contribution in [-0.4, -0.2) is 43.7 Å². The Hall–Kier alpha value is -2.56. The van der Waals surface area contributed by atoms with Crippen molar-refractivity contribution in [3.05, 3.63) is 65.0 Å². The van der Waals surface area contributed by atoms with Crippen LogP contribution in [0.15, 0.2) is 42.5 Å². The molecule has 0 bridgehead atoms. The second kappa shape index (κ2) is 8.21. The number of hydrogen-bond acceptors (Lipinski definition) is 2. The van der Waals surface area contributed by atoms with Gasteiger partial charge in [0, 0.05) is 38.4 Å². The van der Waals surface area contributed by atoms with Crippen LogP contribution in [0.1, 0.15) is 16.7 Å². The molecule has 0 radical (unpaired) electrons. The minimum Gasteiger partial charge on any atom is -0.368 e. The van der Waals surface area contributed by atoms with Gasteiger partial charge in [-0.25, -0.2) is 9.18 Å². The van der Waals surface area contributed by atoms with Crippen LogP contribution in [0.2, 0.25) is 0 Å². The summed E-state index contributed by atoms with van der Waals surface area (Å²) in [6, 6.07) is 13.1. The molecule has 1 saturated heterocycles. The smallest absolute Gasteiger partial charge is 0.317 e. The summed E-state index contributed by atoms with van der Waals surface area (Å²) in [5.41, 5.74) is 4.40. The Morgan fingerprint density at radius 1 is 1.08 bits per heavy atom. The zero-order valence-corrected chi connectivity index (χ0v) is 15.5. The zero-order valence-electron chi connectivity index (χ0n) is 15.5. The molecule has 5 heteroatoms. The van der Waals surface area contributed by atoms with Gasteiger partial charge in [-0.1, -0.05) is 30.3 Å². The average molecular weight is 355 g/mol. The van der Waals surface area contributed by atoms with Crippen LogP contribution >= 0.6 is 0 Å². The molecule has 3 rings (SSSR count). The van der Waals surface area contributed by atoms with Crippen molar-refractivity contribution in [2.45, 2.75) is 20.3 Å². The number of carbonyl (C=O) groups is 1. The number of benzene rings is 2. The van der Waals surface area contributed by atoms with E-state index in [0.717, 1.165) is 13.1 Å². The maximum Gasteiger partial charge on any atom is 0.317 e. The first-order valence-electron chi connectivity index (χ1n) is 9.13. The third-order valence-electron chi connectivity index (χ3n) is 4.90. The van der Waals surface area contributed by atoms with Gasteiger partial charge in [-0.15, -0.1) is 0 Å². The van der Waals surface area contributed by atoms with Crippen LogP contribution < -0.4 is 10.2 Å². The number of hydrogen-bond donors (Lipinski definition) is 1. The molecule has 1 fully saturated rings. The molecule has 1 heterocycles. The van der Waals surface area contributed by atoms with Crippen molar-refractivity contribution in [2.75, 3.05) is 37.6 Å². The van der Waals surface area contributed by atoms with Gasteiger partial charge < -0.3 is 15.1 Å². The maximum atomic E-state index is 13.6. The Kier molecular flexibility index (Phi) is 5.76. The first-order chi connectivity index (χ1) is 12.5. The summed E-state index contributed by atoms with van der Waals surface area (Å²) >= 11 is 0. The molecule has 1 N–H and O–H groups in total. The van der Waals surface area contributed by atoms with Crippen LogP contribution in [0.4, 0.5) is 14.9 Å². The molecule has 0 aromatic heterocycles. The summed E-state index contributed by atoms with van der Waals surface area (Å²) in [6.07, 6.45) is 0.501. The molecule has 1 aliphatic rings. The fourth-order valence-corrected chi connectivity index (χ4v) is 3.33. The number of piperazine rings is 1. The number of rotatable bonds is 4. The molecule has 0 atom stereocenters. The minimum atomic E-state index is -0.219. The van der Waals surface area contributed by atoms with E-state index in [1.165, 1.54) is 22.9 Å². The number of carbonyl (C=O) groups excluding carboxylic acids is 1. The second-order valence-electron chi connectivity index (χ2n) is 6.84. The number of amides is 2. The van der Waals surface area contributed by atoms with Crippen LogP contribution in [0, 0.1) is 19.7 Å². The van der Waals surface area contributed by atoms with Gasteiger partial charge in [0.15, 0.2) is 0 Å². The topological polar surface area (TPSA) is 35.6 Å². The first-order valence-corrected chi connectivity index (χ1v) is 9.13. The van der Waals surface area contributed by atoms with E-state index in [0.29, 0.717) is 31.6 Å². The van der Waals surface area contributed by atoms with Gasteiger partial charge in [0.2, 0.25) is 0 Å². The molecule has 1 aliphatic heterocycles. The van der Waals surface area contributed by atoms with Crippen molar-refractivity contribution < 1.29 is 9.18 Å². The molecule has 0 unspecified atom stereocenters. The lowest BCUT2D eigenvalue weighted by Crippen LogP contribution is -2.52. The number of halogens is 1. The van der Waals surface area contributed by atoms with E-state index >= 15 is 0 Å². The predicted octanol–water partition coefficient (Wildman–Crippen LogP) is 3.52. The first kappa shape index (κ1) is 18.2. The number of aryl methyl sites for hydroxylation is 2. The Balaban J connectivity index is 1.48. The predicted molar refractivity (Wildman–Crippen MR) is 103 cm³/mol. The Morgan fingerprint density at radius 2 is 1.81 bits per heavy atom. The average Bonchev–Trinajstić information content (AvgIpc) is 2.65. The summed E-state index contributed by atoms with van der Waals surface area (Å²) < 4.78 is 13.6. The molecular formula is C21H26FN3O. The molecule has 2 aromatic carbocycles. The van der Waals surface area contributed by atoms with Crippen LogP contribution in [0.25, 0.3) is 0 Å². The van der Waals surface area contributed by atoms with Crippen molar-refractivity contribution in [1.82, 2.24) is 10.2 Å². The van der Waals surface area contributed by atoms with E-state index in [-0.39, 0.29) is 11.8 Å². The maximum absolute atomic E-state index is 13.6. The summed E-state index contributed by atoms with van der Waals surface area (Å²) in [5.74, 6) is -0.219. The fraction of sp³-hybridized carbons (Fsp3) is 0.381. The van der Waals surface area contributed by atoms with Gasteiger partial charge in [-0.2, -0.15) is 0 Å². The molecule has 138 valence electrons. The molecule has 0 spiro atoms. The summed E-state index contributed by atoms with van der Waals surface area (Å²) in [7, 11) is 0. The van der Waals surface area contributed by atoms with Gasteiger partial charge in [0.25, 0.3) is 0 Å². The number of nitrogens with zero attached hydrogens (tertiary/aromatic N) is 2. The molecule has 0 saturated carbocycles. The van der Waals surface area contributed by atoms with Crippen LogP contribution in [0.5, 0.6) is 0 Å². The second-order valence-corrected chi connectivity index (χ2v) is 6.84. The zero-order chi connectivity index (χ0) is 18.5. The highest BCUT2D eigenvalue weighted by Crippen LogP contribution is 2.22. The minimum absolute atomic E-state index is 0.0676. The summed E-state index contributed by atoms with van der Waals surface area (Å²) in [4.78, 5) is 16.5. The lowest BCUT2D eigenvalue weighted by molar-refractivity contribution is 0.194. The summed E-state index contributed by atoms with van der Waals surface area (Å²) in [6.45, 7) is 7.70. The lowest BCUT2D eigenvalue weighted by Gasteiger charge is -2.37. The van der Waals surface area contributed by atoms with Gasteiger partial charge in [-0.3, -0.25) is 0 Å². The third-order valence-corrected chi connectivity index (χ3v) is 4.90. The Morgan fingerprint density at radius 3 is 2.54 bits per heavy atom. The molecule has 0 aliphatic carbocycles. The Labute approximate surface area is 154 Å². The van der Waals surface area contributed by atoms with E-state index in [4.69, 9.17) is 0 Å². The summed E-state index contributed by atoms with van der Waals surface area (Å²) in [5, 5.41) is 2.90. The van der Waals surface area contributed by atoms with Gasteiger partial charge in [-0.05, 0) is 49.1 Å². The molecule has 2 amide bonds. The molecular weight excluding hydrogens is 329 g/mol. The normalized spacial score (nSPS) is 14.4. The van der Waals surface area contributed by atoms with E-state index in [1.807, 2.05) is 11.0 Å². The van der Waals surface area contributed by atoms with Gasteiger partial charge in [0.05, 0.1) is 0 Å². The monoisotopic (exact) mass is 355 g/mol. The van der Waals surface area contributed by atoms with Crippen molar-refractivity contribution in [3.8, 4) is 0 Å². The van der Waals surface area contributed by atoms with E-state index in [9.17, 15) is 9.18 Å². The van der Waals surface area contributed by atoms with E-state index < -0.39 is 0 Å². The van der Waals surface area contributed by atoms with Crippen LogP contribution in [0.3, 0.4) is 0 Å². The van der Waals surface area contributed by atoms with Crippen molar-refractivity contribution in [2.24, 2.45) is 0 Å². The highest BCUT2D eigenvalue weighted by molar-refractivity contribution is 5.74. The standard InChI is InChI=1S/C21H26FN3O/c1-16-7-8-17(2)20(15-16)24-11-13-25(14-12-24)21(26)23-10-9-18-5-3-4-6-19(18)22/h3-8,15H,9-14H2,1-2H3,(H,23,26). The Bertz CT molecular complexity index is 770. The lowest BCUT2D eigenvalue weighted by atomic mass is 10.1. The fourth-order valence-electron chi connectivity index (χ4n) is 3.33. The SMILES string of the molecule is Cc1ccc(C)c(N2CCN(C(=O)NCCc3ccccc3F)CC2)c1. The highest BCUT2D eigenvalue weighted by Gasteiger charge is 2.21. The van der Waals surface area contributed by atoms with E-state index in [1.54, 1.807) is 12.1 Å². The highest BCUT2D eigenvalue weighted by atomic mass is 19.1. The van der Waals surface area contributed by atoms with Crippen molar-refractivity contribution >= 4 is 11.7 Å². The van der Waals surface area contributed by atoms with Crippen molar-refractivity contribution in [1.29, 1.82) is 0 Å². The third kappa shape index (κ3) is 4.34. The van der Waals surface area contributed by atoms with Crippen LogP contribution in [-0.2, 0) is 6.42 Å². The molecule has 26 heavy (non-hydrogen) atoms. The number of anilines is 1. The molecule has 2 aromatic rings. The largest absolute Gasteiger partial charge is 0.368 e. The quantitative estimate of drug-likeness (QED) is 0.911. The number of nitrogens with one attached hydrogen (secondary N) is 1. The van der Waals surface area contributed by atoms with Crippen molar-refractivity contribution in [3.63, 3.8) is 0 Å². The van der Waals surface area contributed by atoms with Gasteiger partial charge >= 0.3 is 6.03 Å². The molecule has 4 nitrogen and oxygen atoms in total. The number of urea groups is 1. The van der Waals surface area contributed by atoms with E-state index in [2.05, 4.69) is 42.3 Å². The van der Waals surface area contributed by atoms with Gasteiger partial charge in [0.1, 0.15) is 5.82 Å².